The second kappa shape index (κ2) is 5.35. The van der Waals surface area contributed by atoms with E-state index in [1.165, 1.54) is 37.9 Å². The Morgan fingerprint density at radius 2 is 2.19 bits per heavy atom. The topological polar surface area (TPSA) is 17.8 Å². The fraction of sp³-hybridized carbons (Fsp3) is 0.769. The van der Waals surface area contributed by atoms with Crippen molar-refractivity contribution < 1.29 is 0 Å². The smallest absolute Gasteiger partial charge is 0.108 e. The first kappa shape index (κ1) is 12.2. The van der Waals surface area contributed by atoms with E-state index in [-0.39, 0.29) is 0 Å². The van der Waals surface area contributed by atoms with Crippen LogP contribution < -0.4 is 0 Å². The summed E-state index contributed by atoms with van der Waals surface area (Å²) in [5.41, 5.74) is 0.489. The minimum absolute atomic E-state index is 0.489. The highest BCUT2D eigenvalue weighted by Crippen LogP contribution is 2.41. The van der Waals surface area contributed by atoms with Crippen LogP contribution in [0.3, 0.4) is 0 Å². The lowest BCUT2D eigenvalue weighted by atomic mass is 9.88. The third-order valence-electron chi connectivity index (χ3n) is 3.73. The van der Waals surface area contributed by atoms with Crippen molar-refractivity contribution in [1.29, 1.82) is 0 Å². The second-order valence-electron chi connectivity index (χ2n) is 5.06. The highest BCUT2D eigenvalue weighted by Gasteiger charge is 2.33. The fourth-order valence-corrected chi connectivity index (χ4v) is 3.49. The number of aryl methyl sites for hydroxylation is 1. The number of hydrogen-bond acceptors (Lipinski definition) is 1. The normalized spacial score (nSPS) is 19.1. The van der Waals surface area contributed by atoms with Crippen molar-refractivity contribution in [3.8, 4) is 0 Å². The SMILES string of the molecule is CCCc1nccn1CC1(CBr)CCCC1. The van der Waals surface area contributed by atoms with Gasteiger partial charge < -0.3 is 4.57 Å². The van der Waals surface area contributed by atoms with Crippen LogP contribution in [-0.2, 0) is 13.0 Å². The molecule has 2 nitrogen and oxygen atoms in total. The van der Waals surface area contributed by atoms with Gasteiger partial charge in [-0.05, 0) is 24.7 Å². The van der Waals surface area contributed by atoms with Crippen LogP contribution in [0, 0.1) is 5.41 Å². The Kier molecular flexibility index (Phi) is 4.06. The van der Waals surface area contributed by atoms with E-state index in [4.69, 9.17) is 0 Å². The van der Waals surface area contributed by atoms with E-state index < -0.39 is 0 Å². The summed E-state index contributed by atoms with van der Waals surface area (Å²) in [5, 5.41) is 1.13. The van der Waals surface area contributed by atoms with Gasteiger partial charge in [-0.2, -0.15) is 0 Å². The first-order valence-electron chi connectivity index (χ1n) is 6.36. The summed E-state index contributed by atoms with van der Waals surface area (Å²) in [6.45, 7) is 3.36. The van der Waals surface area contributed by atoms with Crippen LogP contribution in [0.15, 0.2) is 12.4 Å². The lowest BCUT2D eigenvalue weighted by Crippen LogP contribution is -2.26. The summed E-state index contributed by atoms with van der Waals surface area (Å²) >= 11 is 3.71. The van der Waals surface area contributed by atoms with Gasteiger partial charge in [-0.3, -0.25) is 0 Å². The van der Waals surface area contributed by atoms with Gasteiger partial charge in [0.15, 0.2) is 0 Å². The van der Waals surface area contributed by atoms with Crippen molar-refractivity contribution in [2.75, 3.05) is 5.33 Å². The third kappa shape index (κ3) is 2.50. The van der Waals surface area contributed by atoms with Gasteiger partial charge in [0.1, 0.15) is 5.82 Å². The molecule has 0 radical (unpaired) electrons. The zero-order valence-electron chi connectivity index (χ0n) is 10.1. The van der Waals surface area contributed by atoms with Crippen molar-refractivity contribution in [1.82, 2.24) is 9.55 Å². The van der Waals surface area contributed by atoms with Gasteiger partial charge in [-0.1, -0.05) is 35.7 Å². The molecule has 1 saturated carbocycles. The zero-order valence-corrected chi connectivity index (χ0v) is 11.7. The van der Waals surface area contributed by atoms with Gasteiger partial charge in [0.05, 0.1) is 0 Å². The number of imidazole rings is 1. The van der Waals surface area contributed by atoms with E-state index in [0.29, 0.717) is 5.41 Å². The Morgan fingerprint density at radius 3 is 2.81 bits per heavy atom. The molecule has 0 N–H and O–H groups in total. The summed E-state index contributed by atoms with van der Waals surface area (Å²) in [4.78, 5) is 4.46. The maximum absolute atomic E-state index is 4.46. The number of rotatable bonds is 5. The Balaban J connectivity index is 2.09. The summed E-state index contributed by atoms with van der Waals surface area (Å²) in [7, 11) is 0. The molecule has 0 spiro atoms. The van der Waals surface area contributed by atoms with Crippen LogP contribution >= 0.6 is 15.9 Å². The van der Waals surface area contributed by atoms with E-state index in [1.807, 2.05) is 6.20 Å². The molecule has 1 aliphatic rings. The molecule has 1 aromatic rings. The molecule has 0 unspecified atom stereocenters. The molecular weight excluding hydrogens is 264 g/mol. The van der Waals surface area contributed by atoms with Crippen molar-refractivity contribution in [2.24, 2.45) is 5.41 Å². The third-order valence-corrected chi connectivity index (χ3v) is 4.92. The molecule has 0 amide bonds. The predicted octanol–water partition coefficient (Wildman–Crippen LogP) is 3.79. The molecule has 3 heteroatoms. The summed E-state index contributed by atoms with van der Waals surface area (Å²) in [5.74, 6) is 1.26. The molecule has 1 fully saturated rings. The van der Waals surface area contributed by atoms with E-state index in [0.717, 1.165) is 18.3 Å². The van der Waals surface area contributed by atoms with Crippen LogP contribution in [0.4, 0.5) is 0 Å². The van der Waals surface area contributed by atoms with Gasteiger partial charge in [-0.25, -0.2) is 4.98 Å². The van der Waals surface area contributed by atoms with Crippen LogP contribution in [0.1, 0.15) is 44.9 Å². The van der Waals surface area contributed by atoms with Crippen LogP contribution in [0.25, 0.3) is 0 Å². The van der Waals surface area contributed by atoms with E-state index >= 15 is 0 Å². The summed E-state index contributed by atoms with van der Waals surface area (Å²) in [6.07, 6.45) is 11.9. The standard InChI is InChI=1S/C13H21BrN2/c1-2-5-12-15-8-9-16(12)11-13(10-14)6-3-4-7-13/h8-9H,2-7,10-11H2,1H3. The number of hydrogen-bond donors (Lipinski definition) is 0. The quantitative estimate of drug-likeness (QED) is 0.753. The monoisotopic (exact) mass is 284 g/mol. The minimum Gasteiger partial charge on any atom is -0.334 e. The zero-order chi connectivity index (χ0) is 11.4. The lowest BCUT2D eigenvalue weighted by molar-refractivity contribution is 0.287. The van der Waals surface area contributed by atoms with Crippen LogP contribution in [0.2, 0.25) is 0 Å². The van der Waals surface area contributed by atoms with Gasteiger partial charge in [0.25, 0.3) is 0 Å². The summed E-state index contributed by atoms with van der Waals surface area (Å²) < 4.78 is 2.37. The van der Waals surface area contributed by atoms with Crippen molar-refractivity contribution in [3.63, 3.8) is 0 Å². The molecule has 0 bridgehead atoms. The van der Waals surface area contributed by atoms with E-state index in [2.05, 4.69) is 38.6 Å². The Labute approximate surface area is 107 Å². The maximum atomic E-state index is 4.46. The first-order valence-corrected chi connectivity index (χ1v) is 7.48. The van der Waals surface area contributed by atoms with Crippen LogP contribution in [-0.4, -0.2) is 14.9 Å². The molecular formula is C13H21BrN2. The number of halogens is 1. The second-order valence-corrected chi connectivity index (χ2v) is 5.62. The van der Waals surface area contributed by atoms with Gasteiger partial charge in [0.2, 0.25) is 0 Å². The predicted molar refractivity (Wildman–Crippen MR) is 70.9 cm³/mol. The Bertz CT molecular complexity index is 326. The van der Waals surface area contributed by atoms with E-state index in [1.54, 1.807) is 0 Å². The maximum Gasteiger partial charge on any atom is 0.108 e. The van der Waals surface area contributed by atoms with Crippen LogP contribution in [0.5, 0.6) is 0 Å². The number of nitrogens with zero attached hydrogens (tertiary/aromatic N) is 2. The summed E-state index contributed by atoms with van der Waals surface area (Å²) in [6, 6.07) is 0. The Hall–Kier alpha value is -0.310. The molecule has 16 heavy (non-hydrogen) atoms. The van der Waals surface area contributed by atoms with Gasteiger partial charge >= 0.3 is 0 Å². The Morgan fingerprint density at radius 1 is 1.44 bits per heavy atom. The van der Waals surface area contributed by atoms with Crippen molar-refractivity contribution in [3.05, 3.63) is 18.2 Å². The molecule has 0 saturated heterocycles. The molecule has 0 aliphatic heterocycles. The lowest BCUT2D eigenvalue weighted by Gasteiger charge is -2.27. The molecule has 0 atom stereocenters. The molecule has 0 aromatic carbocycles. The van der Waals surface area contributed by atoms with Gasteiger partial charge in [0, 0.05) is 30.7 Å². The highest BCUT2D eigenvalue weighted by molar-refractivity contribution is 9.09. The largest absolute Gasteiger partial charge is 0.334 e. The highest BCUT2D eigenvalue weighted by atomic mass is 79.9. The fourth-order valence-electron chi connectivity index (χ4n) is 2.76. The van der Waals surface area contributed by atoms with Crippen molar-refractivity contribution in [2.45, 2.75) is 52.0 Å². The number of aromatic nitrogens is 2. The first-order chi connectivity index (χ1) is 7.79. The van der Waals surface area contributed by atoms with Crippen molar-refractivity contribution >= 4 is 15.9 Å². The molecule has 90 valence electrons. The molecule has 2 rings (SSSR count). The molecule has 1 heterocycles. The minimum atomic E-state index is 0.489. The molecule has 1 aromatic heterocycles. The average Bonchev–Trinajstić information content (AvgIpc) is 2.91. The number of alkyl halides is 1. The average molecular weight is 285 g/mol. The van der Waals surface area contributed by atoms with Gasteiger partial charge in [-0.15, -0.1) is 0 Å². The van der Waals surface area contributed by atoms with E-state index in [9.17, 15) is 0 Å². The molecule has 1 aliphatic carbocycles.